The third-order valence-electron chi connectivity index (χ3n) is 1.77. The number of phenolic OH excluding ortho intramolecular Hbond substituents is 1. The Morgan fingerprint density at radius 2 is 1.83 bits per heavy atom. The molecule has 0 bridgehead atoms. The van der Waals surface area contributed by atoms with Crippen molar-refractivity contribution in [1.29, 1.82) is 0 Å². The summed E-state index contributed by atoms with van der Waals surface area (Å²) >= 11 is 0. The zero-order valence-corrected chi connectivity index (χ0v) is 7.56. The summed E-state index contributed by atoms with van der Waals surface area (Å²) in [6, 6.07) is 4.01. The van der Waals surface area contributed by atoms with E-state index in [-0.39, 0.29) is 17.0 Å². The molecule has 1 rings (SSSR count). The molecule has 1 N–H and O–H groups in total. The van der Waals surface area contributed by atoms with Crippen LogP contribution in [0.5, 0.6) is 5.75 Å². The average Bonchev–Trinajstić information content (AvgIpc) is 1.92. The second kappa shape index (κ2) is 2.77. The Bertz CT molecular complexity index is 286. The van der Waals surface area contributed by atoms with Crippen LogP contribution in [0.3, 0.4) is 0 Å². The van der Waals surface area contributed by atoms with E-state index < -0.39 is 0 Å². The Labute approximate surface area is 71.9 Å². The standard InChI is InChI=1S/C10H13FO/c1-10(2,3)8-6-7(11)4-5-9(8)12/h4-6,12H,1-3H3/i11-1. The summed E-state index contributed by atoms with van der Waals surface area (Å²) in [4.78, 5) is 0. The van der Waals surface area contributed by atoms with E-state index in [4.69, 9.17) is 0 Å². The lowest BCUT2D eigenvalue weighted by Gasteiger charge is -2.19. The van der Waals surface area contributed by atoms with Crippen LogP contribution >= 0.6 is 0 Å². The van der Waals surface area contributed by atoms with Crippen molar-refractivity contribution in [3.63, 3.8) is 0 Å². The van der Waals surface area contributed by atoms with Crippen molar-refractivity contribution >= 4 is 0 Å². The Kier molecular flexibility index (Phi) is 2.09. The van der Waals surface area contributed by atoms with Crippen LogP contribution in [0.15, 0.2) is 18.2 Å². The molecule has 1 aromatic rings. The third-order valence-corrected chi connectivity index (χ3v) is 1.77. The van der Waals surface area contributed by atoms with Gasteiger partial charge in [0.15, 0.2) is 0 Å². The SMILES string of the molecule is CC(C)(C)c1cc([18F])ccc1O. The van der Waals surface area contributed by atoms with Gasteiger partial charge in [-0.25, -0.2) is 4.39 Å². The molecular formula is C10H13FO. The summed E-state index contributed by atoms with van der Waals surface area (Å²) in [5.74, 6) is -0.151. The number of hydrogen-bond donors (Lipinski definition) is 1. The maximum Gasteiger partial charge on any atom is 0.123 e. The van der Waals surface area contributed by atoms with Gasteiger partial charge in [-0.1, -0.05) is 20.8 Å². The fraction of sp³-hybridized carbons (Fsp3) is 0.400. The van der Waals surface area contributed by atoms with E-state index in [0.29, 0.717) is 5.56 Å². The highest BCUT2D eigenvalue weighted by Gasteiger charge is 2.18. The van der Waals surface area contributed by atoms with Crippen molar-refractivity contribution in [2.24, 2.45) is 0 Å². The van der Waals surface area contributed by atoms with Gasteiger partial charge in [0, 0.05) is 5.56 Å². The lowest BCUT2D eigenvalue weighted by atomic mass is 9.86. The van der Waals surface area contributed by atoms with Gasteiger partial charge in [-0.3, -0.25) is 0 Å². The van der Waals surface area contributed by atoms with Crippen molar-refractivity contribution in [2.45, 2.75) is 26.2 Å². The minimum atomic E-state index is -0.308. The van der Waals surface area contributed by atoms with Crippen LogP contribution in [0.1, 0.15) is 26.3 Å². The summed E-state index contributed by atoms with van der Waals surface area (Å²) in [5, 5.41) is 9.40. The van der Waals surface area contributed by atoms with Crippen molar-refractivity contribution in [1.82, 2.24) is 0 Å². The van der Waals surface area contributed by atoms with Crippen molar-refractivity contribution in [3.8, 4) is 5.75 Å². The molecule has 0 spiro atoms. The fourth-order valence-electron chi connectivity index (χ4n) is 1.11. The highest BCUT2D eigenvalue weighted by Crippen LogP contribution is 2.30. The Balaban J connectivity index is 3.23. The smallest absolute Gasteiger partial charge is 0.123 e. The Morgan fingerprint density at radius 1 is 1.25 bits per heavy atom. The molecule has 1 aromatic carbocycles. The van der Waals surface area contributed by atoms with Crippen molar-refractivity contribution in [3.05, 3.63) is 29.6 Å². The first-order valence-corrected chi connectivity index (χ1v) is 3.90. The molecule has 0 fully saturated rings. The van der Waals surface area contributed by atoms with Crippen LogP contribution in [0, 0.1) is 5.82 Å². The Morgan fingerprint density at radius 3 is 2.25 bits per heavy atom. The first kappa shape index (κ1) is 9.04. The Hall–Kier alpha value is -1.05. The zero-order valence-electron chi connectivity index (χ0n) is 7.56. The van der Waals surface area contributed by atoms with Crippen LogP contribution in [0.25, 0.3) is 0 Å². The van der Waals surface area contributed by atoms with Gasteiger partial charge in [0.25, 0.3) is 0 Å². The maximum absolute atomic E-state index is 12.8. The molecule has 0 radical (unpaired) electrons. The summed E-state index contributed by atoms with van der Waals surface area (Å²) in [5.41, 5.74) is 0.425. The highest BCUT2D eigenvalue weighted by molar-refractivity contribution is 5.37. The van der Waals surface area contributed by atoms with E-state index in [9.17, 15) is 9.50 Å². The van der Waals surface area contributed by atoms with Crippen LogP contribution in [-0.2, 0) is 5.41 Å². The quantitative estimate of drug-likeness (QED) is 0.630. The van der Waals surface area contributed by atoms with E-state index >= 15 is 0 Å². The largest absolute Gasteiger partial charge is 0.508 e. The first-order valence-electron chi connectivity index (χ1n) is 3.90. The molecular weight excluding hydrogens is 154 g/mol. The minimum Gasteiger partial charge on any atom is -0.508 e. The van der Waals surface area contributed by atoms with E-state index in [1.54, 1.807) is 0 Å². The average molecular weight is 167 g/mol. The molecule has 1 nitrogen and oxygen atoms in total. The molecule has 0 atom stereocenters. The molecule has 0 aliphatic heterocycles. The van der Waals surface area contributed by atoms with Gasteiger partial charge >= 0.3 is 0 Å². The van der Waals surface area contributed by atoms with Gasteiger partial charge in [0.2, 0.25) is 0 Å². The molecule has 0 aliphatic rings. The van der Waals surface area contributed by atoms with Crippen LogP contribution in [-0.4, -0.2) is 5.11 Å². The molecule has 0 saturated carbocycles. The number of phenols is 1. The van der Waals surface area contributed by atoms with Gasteiger partial charge < -0.3 is 5.11 Å². The molecule has 2 heteroatoms. The molecule has 0 aliphatic carbocycles. The molecule has 66 valence electrons. The third kappa shape index (κ3) is 1.76. The highest BCUT2D eigenvalue weighted by atomic mass is 18.2. The number of halogens is 1. The van der Waals surface area contributed by atoms with Crippen LogP contribution in [0.4, 0.5) is 4.39 Å². The number of benzene rings is 1. The van der Waals surface area contributed by atoms with Crippen molar-refractivity contribution in [2.75, 3.05) is 0 Å². The van der Waals surface area contributed by atoms with Gasteiger partial charge in [-0.15, -0.1) is 0 Å². The number of aromatic hydroxyl groups is 1. The number of hydrogen-bond acceptors (Lipinski definition) is 1. The second-order valence-corrected chi connectivity index (χ2v) is 3.91. The van der Waals surface area contributed by atoms with E-state index in [1.165, 1.54) is 18.2 Å². The lowest BCUT2D eigenvalue weighted by molar-refractivity contribution is 0.443. The zero-order chi connectivity index (χ0) is 9.35. The maximum atomic E-state index is 12.8. The fourth-order valence-corrected chi connectivity index (χ4v) is 1.11. The molecule has 0 heterocycles. The predicted octanol–water partition coefficient (Wildman–Crippen LogP) is 2.83. The summed E-state index contributed by atoms with van der Waals surface area (Å²) in [6.45, 7) is 5.80. The van der Waals surface area contributed by atoms with Crippen LogP contribution in [0.2, 0.25) is 0 Å². The van der Waals surface area contributed by atoms with Gasteiger partial charge in [0.1, 0.15) is 11.6 Å². The lowest BCUT2D eigenvalue weighted by Crippen LogP contribution is -2.11. The summed E-state index contributed by atoms with van der Waals surface area (Å²) in [7, 11) is 0. The second-order valence-electron chi connectivity index (χ2n) is 3.91. The normalized spacial score (nSPS) is 11.7. The number of rotatable bonds is 0. The van der Waals surface area contributed by atoms with E-state index in [0.717, 1.165) is 0 Å². The van der Waals surface area contributed by atoms with Gasteiger partial charge in [-0.2, -0.15) is 0 Å². The van der Waals surface area contributed by atoms with Crippen LogP contribution < -0.4 is 0 Å². The minimum absolute atomic E-state index is 0.156. The monoisotopic (exact) mass is 167 g/mol. The predicted molar refractivity (Wildman–Crippen MR) is 46.8 cm³/mol. The molecule has 0 saturated heterocycles. The van der Waals surface area contributed by atoms with Gasteiger partial charge in [-0.05, 0) is 23.6 Å². The summed E-state index contributed by atoms with van der Waals surface area (Å²) in [6.07, 6.45) is 0. The van der Waals surface area contributed by atoms with Gasteiger partial charge in [0.05, 0.1) is 0 Å². The molecule has 12 heavy (non-hydrogen) atoms. The van der Waals surface area contributed by atoms with E-state index in [1.807, 2.05) is 20.8 Å². The topological polar surface area (TPSA) is 20.2 Å². The van der Waals surface area contributed by atoms with E-state index in [2.05, 4.69) is 0 Å². The van der Waals surface area contributed by atoms with Crippen molar-refractivity contribution < 1.29 is 9.50 Å². The summed E-state index contributed by atoms with van der Waals surface area (Å²) < 4.78 is 12.8. The molecule has 0 unspecified atom stereocenters. The molecule has 0 aromatic heterocycles. The first-order chi connectivity index (χ1) is 5.41. The molecule has 0 amide bonds.